The number of benzene rings is 1. The smallest absolute Gasteiger partial charge is 0.258 e. The first kappa shape index (κ1) is 13.8. The predicted molar refractivity (Wildman–Crippen MR) is 73.1 cm³/mol. The average molecular weight is 279 g/mol. The quantitative estimate of drug-likeness (QED) is 0.879. The molecule has 0 aliphatic rings. The predicted octanol–water partition coefficient (Wildman–Crippen LogP) is 2.01. The van der Waals surface area contributed by atoms with Crippen LogP contribution in [0.25, 0.3) is 0 Å². The Hall–Kier alpha value is -1.66. The molecule has 0 fully saturated rings. The number of nitrogens with zero attached hydrogens (tertiary/aromatic N) is 1. The number of aromatic amines is 1. The van der Waals surface area contributed by atoms with Crippen LogP contribution < -0.4 is 4.72 Å². The molecule has 1 atom stereocenters. The van der Waals surface area contributed by atoms with Gasteiger partial charge in [-0.2, -0.15) is 5.10 Å². The second-order valence-electron chi connectivity index (χ2n) is 4.36. The Morgan fingerprint density at radius 3 is 2.47 bits per heavy atom. The van der Waals surface area contributed by atoms with E-state index in [2.05, 4.69) is 21.8 Å². The molecule has 0 saturated carbocycles. The third-order valence-electron chi connectivity index (χ3n) is 2.98. The third kappa shape index (κ3) is 3.21. The summed E-state index contributed by atoms with van der Waals surface area (Å²) in [5, 5.41) is 6.17. The molecule has 5 nitrogen and oxygen atoms in total. The van der Waals surface area contributed by atoms with E-state index in [-0.39, 0.29) is 11.1 Å². The van der Waals surface area contributed by atoms with Gasteiger partial charge in [-0.25, -0.2) is 13.1 Å². The van der Waals surface area contributed by atoms with Gasteiger partial charge in [0.15, 0.2) is 5.03 Å². The highest BCUT2D eigenvalue weighted by Crippen LogP contribution is 2.16. The Kier molecular flexibility index (Phi) is 4.01. The Morgan fingerprint density at radius 2 is 1.95 bits per heavy atom. The maximum atomic E-state index is 12.0. The van der Waals surface area contributed by atoms with Gasteiger partial charge in [0.1, 0.15) is 0 Å². The normalized spacial score (nSPS) is 13.4. The first-order valence-corrected chi connectivity index (χ1v) is 7.62. The Balaban J connectivity index is 2.14. The van der Waals surface area contributed by atoms with Crippen molar-refractivity contribution in [2.45, 2.75) is 31.3 Å². The number of rotatable bonds is 5. The molecule has 2 N–H and O–H groups in total. The van der Waals surface area contributed by atoms with Crippen molar-refractivity contribution in [3.05, 3.63) is 47.7 Å². The number of nitrogens with one attached hydrogen (secondary N) is 2. The van der Waals surface area contributed by atoms with Gasteiger partial charge in [-0.05, 0) is 30.5 Å². The molecule has 0 bridgehead atoms. The standard InChI is InChI=1S/C13H17N3O2S/c1-3-11-4-6-12(7-5-11)10(2)16-19(17,18)13-8-9-14-15-13/h4-10,16H,3H2,1-2H3,(H,14,15). The van der Waals surface area contributed by atoms with Crippen molar-refractivity contribution < 1.29 is 8.42 Å². The lowest BCUT2D eigenvalue weighted by Crippen LogP contribution is -2.27. The first-order valence-electron chi connectivity index (χ1n) is 6.13. The van der Waals surface area contributed by atoms with E-state index in [1.54, 1.807) is 0 Å². The van der Waals surface area contributed by atoms with Gasteiger partial charge in [0.05, 0.1) is 6.20 Å². The average Bonchev–Trinajstić information content (AvgIpc) is 2.93. The lowest BCUT2D eigenvalue weighted by molar-refractivity contribution is 0.562. The molecule has 2 aromatic rings. The highest BCUT2D eigenvalue weighted by molar-refractivity contribution is 7.89. The summed E-state index contributed by atoms with van der Waals surface area (Å²) in [7, 11) is -3.55. The molecule has 0 radical (unpaired) electrons. The lowest BCUT2D eigenvalue weighted by atomic mass is 10.1. The van der Waals surface area contributed by atoms with Crippen molar-refractivity contribution in [1.29, 1.82) is 0 Å². The molecular weight excluding hydrogens is 262 g/mol. The Morgan fingerprint density at radius 1 is 1.26 bits per heavy atom. The fraction of sp³-hybridized carbons (Fsp3) is 0.308. The number of H-pyrrole nitrogens is 1. The van der Waals surface area contributed by atoms with Crippen LogP contribution in [0.2, 0.25) is 0 Å². The maximum absolute atomic E-state index is 12.0. The first-order chi connectivity index (χ1) is 9.03. The van der Waals surface area contributed by atoms with E-state index in [9.17, 15) is 8.42 Å². The van der Waals surface area contributed by atoms with E-state index in [1.165, 1.54) is 17.8 Å². The van der Waals surface area contributed by atoms with Gasteiger partial charge < -0.3 is 0 Å². The minimum Gasteiger partial charge on any atom is -0.266 e. The highest BCUT2D eigenvalue weighted by atomic mass is 32.2. The molecule has 1 aromatic heterocycles. The number of aryl methyl sites for hydroxylation is 1. The summed E-state index contributed by atoms with van der Waals surface area (Å²) in [5.41, 5.74) is 2.16. The Labute approximate surface area is 113 Å². The fourth-order valence-electron chi connectivity index (χ4n) is 1.80. The molecule has 1 heterocycles. The molecule has 0 aliphatic heterocycles. The number of hydrogen-bond donors (Lipinski definition) is 2. The highest BCUT2D eigenvalue weighted by Gasteiger charge is 2.19. The van der Waals surface area contributed by atoms with Crippen molar-refractivity contribution >= 4 is 10.0 Å². The number of aromatic nitrogens is 2. The zero-order valence-electron chi connectivity index (χ0n) is 10.9. The van der Waals surface area contributed by atoms with E-state index < -0.39 is 10.0 Å². The third-order valence-corrected chi connectivity index (χ3v) is 4.45. The summed E-state index contributed by atoms with van der Waals surface area (Å²) in [6, 6.07) is 9.04. The minimum atomic E-state index is -3.55. The molecule has 19 heavy (non-hydrogen) atoms. The van der Waals surface area contributed by atoms with Crippen LogP contribution in [0.1, 0.15) is 31.0 Å². The molecule has 0 amide bonds. The summed E-state index contributed by atoms with van der Waals surface area (Å²) in [4.78, 5) is 0. The molecule has 1 aromatic carbocycles. The van der Waals surface area contributed by atoms with Crippen molar-refractivity contribution in [3.63, 3.8) is 0 Å². The maximum Gasteiger partial charge on any atom is 0.258 e. The molecule has 0 aliphatic carbocycles. The molecule has 0 saturated heterocycles. The fourth-order valence-corrected chi connectivity index (χ4v) is 2.94. The van der Waals surface area contributed by atoms with Crippen molar-refractivity contribution in [2.24, 2.45) is 0 Å². The largest absolute Gasteiger partial charge is 0.266 e. The van der Waals surface area contributed by atoms with Crippen LogP contribution in [0.3, 0.4) is 0 Å². The second-order valence-corrected chi connectivity index (χ2v) is 6.04. The molecular formula is C13H17N3O2S. The van der Waals surface area contributed by atoms with Crippen molar-refractivity contribution in [2.75, 3.05) is 0 Å². The van der Waals surface area contributed by atoms with Crippen LogP contribution in [-0.2, 0) is 16.4 Å². The van der Waals surface area contributed by atoms with Crippen molar-refractivity contribution in [3.8, 4) is 0 Å². The van der Waals surface area contributed by atoms with Crippen LogP contribution in [0.15, 0.2) is 41.6 Å². The zero-order valence-corrected chi connectivity index (χ0v) is 11.7. The van der Waals surface area contributed by atoms with Crippen LogP contribution in [0, 0.1) is 0 Å². The zero-order chi connectivity index (χ0) is 13.9. The van der Waals surface area contributed by atoms with Gasteiger partial charge in [-0.15, -0.1) is 0 Å². The van der Waals surface area contributed by atoms with E-state index in [4.69, 9.17) is 0 Å². The van der Waals surface area contributed by atoms with Crippen LogP contribution in [0.4, 0.5) is 0 Å². The van der Waals surface area contributed by atoms with Gasteiger partial charge >= 0.3 is 0 Å². The van der Waals surface area contributed by atoms with E-state index in [0.29, 0.717) is 0 Å². The molecule has 0 spiro atoms. The number of sulfonamides is 1. The van der Waals surface area contributed by atoms with Gasteiger partial charge in [0.2, 0.25) is 0 Å². The van der Waals surface area contributed by atoms with Gasteiger partial charge in [0, 0.05) is 6.04 Å². The van der Waals surface area contributed by atoms with Gasteiger partial charge in [-0.3, -0.25) is 5.10 Å². The van der Waals surface area contributed by atoms with E-state index >= 15 is 0 Å². The summed E-state index contributed by atoms with van der Waals surface area (Å²) < 4.78 is 26.6. The Bertz CT molecular complexity index is 618. The topological polar surface area (TPSA) is 74.8 Å². The van der Waals surface area contributed by atoms with Gasteiger partial charge in [-0.1, -0.05) is 31.2 Å². The molecule has 1 unspecified atom stereocenters. The van der Waals surface area contributed by atoms with Crippen molar-refractivity contribution in [1.82, 2.24) is 14.9 Å². The monoisotopic (exact) mass is 279 g/mol. The number of hydrogen-bond acceptors (Lipinski definition) is 3. The van der Waals surface area contributed by atoms with E-state index in [0.717, 1.165) is 12.0 Å². The van der Waals surface area contributed by atoms with Crippen LogP contribution in [0.5, 0.6) is 0 Å². The second kappa shape index (κ2) is 5.54. The minimum absolute atomic E-state index is 0.0736. The summed E-state index contributed by atoms with van der Waals surface area (Å²) in [6.07, 6.45) is 2.38. The van der Waals surface area contributed by atoms with Crippen LogP contribution >= 0.6 is 0 Å². The summed E-state index contributed by atoms with van der Waals surface area (Å²) in [5.74, 6) is 0. The molecule has 102 valence electrons. The van der Waals surface area contributed by atoms with Crippen LogP contribution in [-0.4, -0.2) is 18.6 Å². The summed E-state index contributed by atoms with van der Waals surface area (Å²) in [6.45, 7) is 3.90. The molecule has 6 heteroatoms. The summed E-state index contributed by atoms with van der Waals surface area (Å²) >= 11 is 0. The van der Waals surface area contributed by atoms with E-state index in [1.807, 2.05) is 31.2 Å². The molecule has 2 rings (SSSR count). The SMILES string of the molecule is CCc1ccc(C(C)NS(=O)(=O)c2ccn[nH]2)cc1. The lowest BCUT2D eigenvalue weighted by Gasteiger charge is -2.14. The van der Waals surface area contributed by atoms with Gasteiger partial charge in [0.25, 0.3) is 10.0 Å².